The number of rotatable bonds is 28. The monoisotopic (exact) mass is 830 g/mol. The van der Waals surface area contributed by atoms with Gasteiger partial charge in [0.15, 0.2) is 5.82 Å². The number of benzene rings is 1. The minimum Gasteiger partial charge on any atom is -0.387 e. The smallest absolute Gasteiger partial charge is 0.387 e. The number of phosphoric acid groups is 1. The van der Waals surface area contributed by atoms with Crippen LogP contribution < -0.4 is 5.73 Å². The second kappa shape index (κ2) is 23.3. The van der Waals surface area contributed by atoms with Crippen molar-refractivity contribution in [2.45, 2.75) is 146 Å². The zero-order valence-electron chi connectivity index (χ0n) is 33.8. The van der Waals surface area contributed by atoms with Gasteiger partial charge in [0.05, 0.1) is 37.1 Å². The highest BCUT2D eigenvalue weighted by molar-refractivity contribution is 7.47. The van der Waals surface area contributed by atoms with Gasteiger partial charge in [-0.1, -0.05) is 96.8 Å². The van der Waals surface area contributed by atoms with Crippen molar-refractivity contribution >= 4 is 19.2 Å². The number of unbranched alkanes of at least 4 members (excludes halogenated alkanes) is 14. The molecule has 2 aromatic heterocycles. The topological polar surface area (TPSA) is 228 Å². The predicted molar refractivity (Wildman–Crippen MR) is 213 cm³/mol. The van der Waals surface area contributed by atoms with Crippen LogP contribution in [0.25, 0.3) is 5.52 Å². The highest BCUT2D eigenvalue weighted by atomic mass is 31.2. The Morgan fingerprint density at radius 1 is 0.966 bits per heavy atom. The SMILES string of the molecule is CCCCCCCCCCCCCCCCCOC[C@](C)(COP(=O)(O)OC[C@@]1(C#N)O[C@@H](c2ccc3c(N)ncnn23)[C@H](O)[C@@H]1O)OCc1cc(F)cc(C#N)c1. The lowest BCUT2D eigenvalue weighted by Crippen LogP contribution is -2.45. The first-order valence-corrected chi connectivity index (χ1v) is 21.9. The van der Waals surface area contributed by atoms with E-state index in [9.17, 15) is 34.6 Å². The maximum Gasteiger partial charge on any atom is 0.472 e. The molecular weight excluding hydrogens is 770 g/mol. The summed E-state index contributed by atoms with van der Waals surface area (Å²) in [5.41, 5.74) is 3.38. The normalized spacial score (nSPS) is 21.4. The largest absolute Gasteiger partial charge is 0.472 e. The van der Waals surface area contributed by atoms with Crippen LogP contribution in [0.3, 0.4) is 0 Å². The molecule has 0 saturated carbocycles. The van der Waals surface area contributed by atoms with Gasteiger partial charge in [0.1, 0.15) is 54.3 Å². The summed E-state index contributed by atoms with van der Waals surface area (Å²) in [7, 11) is -4.97. The van der Waals surface area contributed by atoms with E-state index in [-0.39, 0.29) is 30.3 Å². The summed E-state index contributed by atoms with van der Waals surface area (Å²) in [4.78, 5) is 14.6. The van der Waals surface area contributed by atoms with Crippen LogP contribution in [0, 0.1) is 28.5 Å². The summed E-state index contributed by atoms with van der Waals surface area (Å²) >= 11 is 0. The lowest BCUT2D eigenvalue weighted by atomic mass is 9.96. The van der Waals surface area contributed by atoms with Crippen molar-refractivity contribution in [1.29, 1.82) is 10.5 Å². The van der Waals surface area contributed by atoms with Crippen molar-refractivity contribution < 1.29 is 47.3 Å². The zero-order valence-corrected chi connectivity index (χ0v) is 34.7. The lowest BCUT2D eigenvalue weighted by Gasteiger charge is -2.31. The fourth-order valence-electron chi connectivity index (χ4n) is 6.95. The number of hydrogen-bond acceptors (Lipinski definition) is 13. The molecule has 1 unspecified atom stereocenters. The van der Waals surface area contributed by atoms with Crippen LogP contribution in [0.1, 0.15) is 133 Å². The van der Waals surface area contributed by atoms with Crippen molar-refractivity contribution in [2.75, 3.05) is 32.2 Å². The third-order valence-electron chi connectivity index (χ3n) is 10.4. The second-order valence-corrected chi connectivity index (χ2v) is 16.8. The number of aliphatic hydroxyl groups excluding tert-OH is 2. The van der Waals surface area contributed by atoms with E-state index in [0.29, 0.717) is 17.7 Å². The first-order chi connectivity index (χ1) is 27.9. The summed E-state index contributed by atoms with van der Waals surface area (Å²) < 4.78 is 57.0. The van der Waals surface area contributed by atoms with E-state index in [1.165, 1.54) is 99.7 Å². The molecule has 0 amide bonds. The third-order valence-corrected chi connectivity index (χ3v) is 11.3. The molecule has 58 heavy (non-hydrogen) atoms. The minimum atomic E-state index is -4.97. The molecule has 15 nitrogen and oxygen atoms in total. The molecule has 0 aliphatic carbocycles. The molecule has 0 spiro atoms. The Balaban J connectivity index is 1.26. The lowest BCUT2D eigenvalue weighted by molar-refractivity contribution is -0.121. The number of nitrogens with zero attached hydrogens (tertiary/aromatic N) is 5. The number of nitrogen functional groups attached to an aromatic ring is 1. The Morgan fingerprint density at radius 3 is 2.22 bits per heavy atom. The van der Waals surface area contributed by atoms with Crippen LogP contribution in [-0.4, -0.2) is 79.5 Å². The first kappa shape index (κ1) is 47.1. The highest BCUT2D eigenvalue weighted by Gasteiger charge is 2.57. The molecule has 1 fully saturated rings. The van der Waals surface area contributed by atoms with Crippen LogP contribution in [-0.2, 0) is 34.4 Å². The summed E-state index contributed by atoms with van der Waals surface area (Å²) in [5.74, 6) is -0.470. The van der Waals surface area contributed by atoms with E-state index in [0.717, 1.165) is 31.7 Å². The number of nitriles is 2. The second-order valence-electron chi connectivity index (χ2n) is 15.4. The number of ether oxygens (including phenoxy) is 3. The molecule has 17 heteroatoms. The van der Waals surface area contributed by atoms with E-state index >= 15 is 0 Å². The number of hydrogen-bond donors (Lipinski definition) is 4. The van der Waals surface area contributed by atoms with E-state index in [2.05, 4.69) is 17.0 Å². The number of anilines is 1. The number of aliphatic hydroxyl groups is 2. The van der Waals surface area contributed by atoms with Gasteiger partial charge < -0.3 is 35.1 Å². The number of halogens is 1. The fraction of sp³-hybridized carbons (Fsp3) is 0.659. The average Bonchev–Trinajstić information content (AvgIpc) is 3.75. The van der Waals surface area contributed by atoms with Gasteiger partial charge in [-0.2, -0.15) is 15.6 Å². The number of aromatic nitrogens is 3. The van der Waals surface area contributed by atoms with Crippen molar-refractivity contribution in [3.8, 4) is 12.1 Å². The fourth-order valence-corrected chi connectivity index (χ4v) is 7.82. The van der Waals surface area contributed by atoms with Crippen LogP contribution in [0.5, 0.6) is 0 Å². The molecular formula is C41H60FN6O9P. The van der Waals surface area contributed by atoms with Crippen LogP contribution in [0.15, 0.2) is 36.7 Å². The Morgan fingerprint density at radius 2 is 1.60 bits per heavy atom. The zero-order chi connectivity index (χ0) is 42.0. The van der Waals surface area contributed by atoms with Crippen molar-refractivity contribution in [3.05, 3.63) is 59.3 Å². The maximum atomic E-state index is 14.2. The average molecular weight is 831 g/mol. The minimum absolute atomic E-state index is 0.0663. The molecule has 5 N–H and O–H groups in total. The standard InChI is InChI=1S/C41H60FN6O9P/c1-3-4-5-6-7-8-9-10-11-12-13-14-15-16-17-20-53-27-40(2,54-25-32-21-31(24-43)22-33(42)23-32)28-55-58(51,52)56-29-41(26-44)38(50)36(49)37(57-41)34-18-19-35-39(45)46-30-47-48(34)35/h18-19,21-23,30,36-38,49-50H,3-17,20,25,27-29H2,1-2H3,(H,51,52)(H2,45,46,47)/t36-,37-,38-,40+,41+/m0/s1. The molecule has 0 radical (unpaired) electrons. The Labute approximate surface area is 340 Å². The molecule has 1 aliphatic heterocycles. The van der Waals surface area contributed by atoms with Gasteiger partial charge in [0.2, 0.25) is 5.60 Å². The quantitative estimate of drug-likeness (QED) is 0.0414. The third kappa shape index (κ3) is 14.0. The van der Waals surface area contributed by atoms with Crippen LogP contribution in [0.2, 0.25) is 0 Å². The summed E-state index contributed by atoms with van der Waals surface area (Å²) in [6.45, 7) is 2.50. The van der Waals surface area contributed by atoms with Gasteiger partial charge in [-0.25, -0.2) is 18.5 Å². The maximum absolute atomic E-state index is 14.2. The highest BCUT2D eigenvalue weighted by Crippen LogP contribution is 2.48. The number of phosphoric ester groups is 1. The Hall–Kier alpha value is -3.54. The van der Waals surface area contributed by atoms with Gasteiger partial charge in [-0.05, 0) is 49.2 Å². The Bertz CT molecular complexity index is 1860. The molecule has 320 valence electrons. The van der Waals surface area contributed by atoms with Crippen LogP contribution >= 0.6 is 7.82 Å². The van der Waals surface area contributed by atoms with Gasteiger partial charge in [-0.3, -0.25) is 9.05 Å². The molecule has 1 saturated heterocycles. The van der Waals surface area contributed by atoms with E-state index in [1.54, 1.807) is 19.1 Å². The van der Waals surface area contributed by atoms with Crippen LogP contribution in [0.4, 0.5) is 10.2 Å². The summed E-state index contributed by atoms with van der Waals surface area (Å²) in [5, 5.41) is 45.3. The number of nitrogens with two attached hydrogens (primary N) is 1. The molecule has 1 aromatic carbocycles. The number of fused-ring (bicyclic) bond motifs is 1. The molecule has 6 atom stereocenters. The molecule has 3 heterocycles. The van der Waals surface area contributed by atoms with Crippen molar-refractivity contribution in [2.24, 2.45) is 0 Å². The Kier molecular flexibility index (Phi) is 18.9. The van der Waals surface area contributed by atoms with E-state index in [1.807, 2.05) is 6.07 Å². The van der Waals surface area contributed by atoms with E-state index in [4.69, 9.17) is 29.0 Å². The molecule has 1 aliphatic rings. The van der Waals surface area contributed by atoms with Crippen molar-refractivity contribution in [1.82, 2.24) is 14.6 Å². The molecule has 3 aromatic rings. The summed E-state index contributed by atoms with van der Waals surface area (Å²) in [6.07, 6.45) is 14.9. The van der Waals surface area contributed by atoms with E-state index < -0.39 is 56.4 Å². The van der Waals surface area contributed by atoms with Gasteiger partial charge in [0, 0.05) is 6.61 Å². The summed E-state index contributed by atoms with van der Waals surface area (Å²) in [6, 6.07) is 10.6. The first-order valence-electron chi connectivity index (χ1n) is 20.4. The van der Waals surface area contributed by atoms with Gasteiger partial charge in [-0.15, -0.1) is 0 Å². The van der Waals surface area contributed by atoms with Gasteiger partial charge >= 0.3 is 7.82 Å². The predicted octanol–water partition coefficient (Wildman–Crippen LogP) is 7.37. The van der Waals surface area contributed by atoms with Crippen molar-refractivity contribution in [3.63, 3.8) is 0 Å². The molecule has 0 bridgehead atoms. The molecule has 4 rings (SSSR count). The van der Waals surface area contributed by atoms with Gasteiger partial charge in [0.25, 0.3) is 0 Å².